The predicted molar refractivity (Wildman–Crippen MR) is 95.4 cm³/mol. The van der Waals surface area contributed by atoms with Gasteiger partial charge >= 0.3 is 0 Å². The van der Waals surface area contributed by atoms with Crippen LogP contribution in [0.3, 0.4) is 0 Å². The summed E-state index contributed by atoms with van der Waals surface area (Å²) in [5.74, 6) is 3.08. The van der Waals surface area contributed by atoms with Crippen LogP contribution in [0.4, 0.5) is 0 Å². The first-order chi connectivity index (χ1) is 11.4. The number of likely N-dealkylation sites (N-methyl/N-ethyl adjacent to an activating group) is 1. The normalized spacial score (nSPS) is 40.7. The minimum atomic E-state index is -1.02. The zero-order valence-electron chi connectivity index (χ0n) is 15.2. The average Bonchev–Trinajstić information content (AvgIpc) is 2.79. The minimum absolute atomic E-state index is 0.143. The van der Waals surface area contributed by atoms with E-state index < -0.39 is 5.54 Å². The van der Waals surface area contributed by atoms with Gasteiger partial charge in [-0.3, -0.25) is 9.69 Å². The van der Waals surface area contributed by atoms with Gasteiger partial charge in [-0.2, -0.15) is 0 Å². The molecule has 3 aliphatic rings. The van der Waals surface area contributed by atoms with Crippen molar-refractivity contribution in [1.82, 2.24) is 4.90 Å². The smallest absolute Gasteiger partial charge is 0.259 e. The van der Waals surface area contributed by atoms with Crippen LogP contribution in [0.15, 0.2) is 4.99 Å². The van der Waals surface area contributed by atoms with Crippen LogP contribution in [0.1, 0.15) is 64.7 Å². The van der Waals surface area contributed by atoms with Crippen molar-refractivity contribution in [3.05, 3.63) is 0 Å². The van der Waals surface area contributed by atoms with Crippen molar-refractivity contribution in [2.24, 2.45) is 34.4 Å². The second-order valence-electron chi connectivity index (χ2n) is 8.55. The number of hydrogen-bond acceptors (Lipinski definition) is 4. The third-order valence-corrected chi connectivity index (χ3v) is 6.73. The zero-order valence-corrected chi connectivity index (χ0v) is 15.2. The molecule has 2 saturated carbocycles. The molecule has 5 nitrogen and oxygen atoms in total. The SMILES string of the molecule is C[C@H]1CCCC(C2CCCC(CC3(CO)N=C(N)N(C)C3=O)C2)C1. The van der Waals surface area contributed by atoms with Crippen LogP contribution in [-0.2, 0) is 4.79 Å². The molecule has 3 rings (SSSR count). The van der Waals surface area contributed by atoms with Crippen molar-refractivity contribution in [2.45, 2.75) is 70.3 Å². The standard InChI is InChI=1S/C19H33N3O2/c1-13-5-3-7-15(9-13)16-8-4-6-14(10-16)11-19(12-23)17(24)22(2)18(20)21-19/h13-16,23H,3-12H2,1-2H3,(H2,20,21)/t13-,14?,15?,16?,19?/m0/s1. The van der Waals surface area contributed by atoms with Crippen LogP contribution in [0.5, 0.6) is 0 Å². The third kappa shape index (κ3) is 3.32. The molecule has 0 aromatic heterocycles. The lowest BCUT2D eigenvalue weighted by Crippen LogP contribution is -2.46. The van der Waals surface area contributed by atoms with Crippen LogP contribution in [0.25, 0.3) is 0 Å². The van der Waals surface area contributed by atoms with Crippen molar-refractivity contribution in [3.8, 4) is 0 Å². The number of guanidine groups is 1. The Balaban J connectivity index is 1.65. The van der Waals surface area contributed by atoms with Crippen LogP contribution < -0.4 is 5.73 Å². The molecular weight excluding hydrogens is 302 g/mol. The molecule has 1 amide bonds. The van der Waals surface area contributed by atoms with Crippen LogP contribution >= 0.6 is 0 Å². The maximum Gasteiger partial charge on any atom is 0.259 e. The molecule has 0 radical (unpaired) electrons. The summed E-state index contributed by atoms with van der Waals surface area (Å²) in [6.45, 7) is 2.15. The number of aliphatic hydroxyl groups excluding tert-OH is 1. The van der Waals surface area contributed by atoms with Crippen LogP contribution in [0, 0.1) is 23.7 Å². The van der Waals surface area contributed by atoms with Crippen molar-refractivity contribution in [2.75, 3.05) is 13.7 Å². The summed E-state index contributed by atoms with van der Waals surface area (Å²) < 4.78 is 0. The lowest BCUT2D eigenvalue weighted by Gasteiger charge is -2.39. The van der Waals surface area contributed by atoms with Gasteiger partial charge in [-0.1, -0.05) is 45.4 Å². The van der Waals surface area contributed by atoms with Gasteiger partial charge < -0.3 is 10.8 Å². The number of aliphatic imine (C=N–C) groups is 1. The quantitative estimate of drug-likeness (QED) is 0.828. The van der Waals surface area contributed by atoms with Gasteiger partial charge in [0, 0.05) is 7.05 Å². The van der Waals surface area contributed by atoms with E-state index in [9.17, 15) is 9.90 Å². The zero-order chi connectivity index (χ0) is 17.3. The summed E-state index contributed by atoms with van der Waals surface area (Å²) in [7, 11) is 1.64. The Morgan fingerprint density at radius 1 is 1.21 bits per heavy atom. The molecule has 1 aliphatic heterocycles. The second-order valence-corrected chi connectivity index (χ2v) is 8.55. The predicted octanol–water partition coefficient (Wildman–Crippen LogP) is 2.53. The van der Waals surface area contributed by atoms with E-state index in [-0.39, 0.29) is 18.5 Å². The topological polar surface area (TPSA) is 78.9 Å². The van der Waals surface area contributed by atoms with Gasteiger partial charge in [0.25, 0.3) is 5.91 Å². The highest BCUT2D eigenvalue weighted by Crippen LogP contribution is 2.44. The van der Waals surface area contributed by atoms with Gasteiger partial charge in [-0.05, 0) is 42.9 Å². The fourth-order valence-corrected chi connectivity index (χ4v) is 5.39. The lowest BCUT2D eigenvalue weighted by atomic mass is 9.67. The summed E-state index contributed by atoms with van der Waals surface area (Å²) in [6, 6.07) is 0. The highest BCUT2D eigenvalue weighted by Gasteiger charge is 2.48. The summed E-state index contributed by atoms with van der Waals surface area (Å²) in [6.07, 6.45) is 11.1. The molecule has 136 valence electrons. The van der Waals surface area contributed by atoms with E-state index in [1.807, 2.05) is 0 Å². The fourth-order valence-electron chi connectivity index (χ4n) is 5.39. The molecule has 0 bridgehead atoms. The molecule has 0 aromatic rings. The molecule has 5 atom stereocenters. The van der Waals surface area contributed by atoms with E-state index >= 15 is 0 Å². The number of carbonyl (C=O) groups excluding carboxylic acids is 1. The molecule has 2 fully saturated rings. The van der Waals surface area contributed by atoms with Crippen molar-refractivity contribution >= 4 is 11.9 Å². The Hall–Kier alpha value is -1.10. The first-order valence-corrected chi connectivity index (χ1v) is 9.69. The Morgan fingerprint density at radius 3 is 2.46 bits per heavy atom. The number of nitrogens with zero attached hydrogens (tertiary/aromatic N) is 2. The number of amides is 1. The molecular formula is C19H33N3O2. The number of hydrogen-bond donors (Lipinski definition) is 2. The monoisotopic (exact) mass is 335 g/mol. The average molecular weight is 335 g/mol. The summed E-state index contributed by atoms with van der Waals surface area (Å²) in [4.78, 5) is 18.3. The van der Waals surface area contributed by atoms with Gasteiger partial charge in [-0.25, -0.2) is 4.99 Å². The minimum Gasteiger partial charge on any atom is -0.393 e. The summed E-state index contributed by atoms with van der Waals surface area (Å²) in [5.41, 5.74) is 4.81. The molecule has 0 saturated heterocycles. The molecule has 1 heterocycles. The van der Waals surface area contributed by atoms with E-state index in [4.69, 9.17) is 5.73 Å². The number of nitrogens with two attached hydrogens (primary N) is 1. The second kappa shape index (κ2) is 7.03. The maximum atomic E-state index is 12.5. The molecule has 5 heteroatoms. The largest absolute Gasteiger partial charge is 0.393 e. The molecule has 2 aliphatic carbocycles. The van der Waals surface area contributed by atoms with Crippen molar-refractivity contribution < 1.29 is 9.90 Å². The molecule has 0 aromatic carbocycles. The lowest BCUT2D eigenvalue weighted by molar-refractivity contribution is -0.132. The Bertz CT molecular complexity index is 507. The van der Waals surface area contributed by atoms with Gasteiger partial charge in [0.2, 0.25) is 0 Å². The van der Waals surface area contributed by atoms with Gasteiger partial charge in [0.15, 0.2) is 11.5 Å². The summed E-state index contributed by atoms with van der Waals surface area (Å²) >= 11 is 0. The first-order valence-electron chi connectivity index (χ1n) is 9.69. The third-order valence-electron chi connectivity index (χ3n) is 6.73. The van der Waals surface area contributed by atoms with Crippen LogP contribution in [-0.4, -0.2) is 41.1 Å². The van der Waals surface area contributed by atoms with E-state index in [2.05, 4.69) is 11.9 Å². The van der Waals surface area contributed by atoms with Gasteiger partial charge in [0.05, 0.1) is 6.61 Å². The van der Waals surface area contributed by atoms with Gasteiger partial charge in [-0.15, -0.1) is 0 Å². The summed E-state index contributed by atoms with van der Waals surface area (Å²) in [5, 5.41) is 9.89. The number of carbonyl (C=O) groups is 1. The van der Waals surface area contributed by atoms with E-state index in [1.165, 1.54) is 49.8 Å². The highest BCUT2D eigenvalue weighted by molar-refractivity contribution is 6.06. The van der Waals surface area contributed by atoms with E-state index in [1.54, 1.807) is 7.05 Å². The molecule has 0 spiro atoms. The Labute approximate surface area is 145 Å². The first kappa shape index (κ1) is 17.7. The van der Waals surface area contributed by atoms with Crippen LogP contribution in [0.2, 0.25) is 0 Å². The molecule has 4 unspecified atom stereocenters. The molecule has 24 heavy (non-hydrogen) atoms. The Kier molecular flexibility index (Phi) is 5.19. The number of rotatable bonds is 4. The number of aliphatic hydroxyl groups is 1. The van der Waals surface area contributed by atoms with Crippen molar-refractivity contribution in [3.63, 3.8) is 0 Å². The van der Waals surface area contributed by atoms with Gasteiger partial charge in [0.1, 0.15) is 0 Å². The fraction of sp³-hybridized carbons (Fsp3) is 0.895. The highest BCUT2D eigenvalue weighted by atomic mass is 16.3. The Morgan fingerprint density at radius 2 is 1.88 bits per heavy atom. The molecule has 3 N–H and O–H groups in total. The maximum absolute atomic E-state index is 12.5. The van der Waals surface area contributed by atoms with Crippen molar-refractivity contribution in [1.29, 1.82) is 0 Å². The van der Waals surface area contributed by atoms with E-state index in [0.717, 1.165) is 24.2 Å². The van der Waals surface area contributed by atoms with E-state index in [0.29, 0.717) is 12.3 Å².